The van der Waals surface area contributed by atoms with Crippen molar-refractivity contribution < 1.29 is 18.0 Å². The van der Waals surface area contributed by atoms with Crippen LogP contribution in [-0.2, 0) is 6.18 Å². The number of hydrogen-bond acceptors (Lipinski definition) is 2. The number of carbonyl (C=O) groups excluding carboxylic acids is 1. The molecule has 0 spiro atoms. The molecule has 1 heterocycles. The number of alkyl halides is 3. The van der Waals surface area contributed by atoms with E-state index in [1.807, 2.05) is 0 Å². The third-order valence-corrected chi connectivity index (χ3v) is 3.40. The molecule has 112 valence electrons. The topological polar surface area (TPSA) is 35.6 Å². The number of halogens is 3. The lowest BCUT2D eigenvalue weighted by Crippen LogP contribution is -2.39. The van der Waals surface area contributed by atoms with Crippen LogP contribution in [0.1, 0.15) is 18.4 Å². The van der Waals surface area contributed by atoms with Crippen LogP contribution < -0.4 is 10.2 Å². The Bertz CT molecular complexity index is 581. The van der Waals surface area contributed by atoms with Gasteiger partial charge in [0.15, 0.2) is 0 Å². The Morgan fingerprint density at radius 1 is 1.24 bits per heavy atom. The molecule has 7 heteroatoms. The van der Waals surface area contributed by atoms with Crippen molar-refractivity contribution in [1.82, 2.24) is 10.2 Å². The van der Waals surface area contributed by atoms with E-state index in [1.54, 1.807) is 23.4 Å². The lowest BCUT2D eigenvalue weighted by atomic mass is 10.2. The summed E-state index contributed by atoms with van der Waals surface area (Å²) in [6.07, 6.45) is 0.768. The minimum absolute atomic E-state index is 0.208. The van der Waals surface area contributed by atoms with Gasteiger partial charge in [-0.15, -0.1) is 0 Å². The smallest absolute Gasteiger partial charge is 0.335 e. The summed E-state index contributed by atoms with van der Waals surface area (Å²) in [6, 6.07) is 5.07. The fourth-order valence-electron chi connectivity index (χ4n) is 2.07. The number of benzene rings is 1. The molecule has 1 aliphatic carbocycles. The van der Waals surface area contributed by atoms with Crippen LogP contribution in [0.25, 0.3) is 0 Å². The van der Waals surface area contributed by atoms with Crippen molar-refractivity contribution in [3.63, 3.8) is 0 Å². The summed E-state index contributed by atoms with van der Waals surface area (Å²) >= 11 is 0. The van der Waals surface area contributed by atoms with Crippen molar-refractivity contribution in [2.45, 2.75) is 25.1 Å². The molecule has 0 aromatic heterocycles. The van der Waals surface area contributed by atoms with E-state index in [1.165, 1.54) is 11.0 Å². The predicted molar refractivity (Wildman–Crippen MR) is 71.3 cm³/mol. The highest BCUT2D eigenvalue weighted by Gasteiger charge is 2.31. The van der Waals surface area contributed by atoms with Crippen molar-refractivity contribution in [3.05, 3.63) is 42.2 Å². The van der Waals surface area contributed by atoms with Crippen molar-refractivity contribution in [3.8, 4) is 0 Å². The van der Waals surface area contributed by atoms with E-state index >= 15 is 0 Å². The molecule has 4 nitrogen and oxygen atoms in total. The number of rotatable bonds is 2. The van der Waals surface area contributed by atoms with Crippen molar-refractivity contribution in [2.24, 2.45) is 0 Å². The normalized spacial score (nSPS) is 18.2. The third kappa shape index (κ3) is 3.12. The molecule has 0 radical (unpaired) electrons. The first-order valence-electron chi connectivity index (χ1n) is 6.63. The van der Waals surface area contributed by atoms with Gasteiger partial charge in [0.05, 0.1) is 5.56 Å². The maximum Gasteiger partial charge on any atom is 0.416 e. The van der Waals surface area contributed by atoms with Gasteiger partial charge in [0.2, 0.25) is 0 Å². The van der Waals surface area contributed by atoms with Gasteiger partial charge < -0.3 is 10.2 Å². The Kier molecular flexibility index (Phi) is 3.27. The first-order valence-corrected chi connectivity index (χ1v) is 6.63. The van der Waals surface area contributed by atoms with Crippen molar-refractivity contribution in [1.29, 1.82) is 0 Å². The maximum atomic E-state index is 12.7. The zero-order valence-corrected chi connectivity index (χ0v) is 11.1. The minimum atomic E-state index is -4.37. The Balaban J connectivity index is 1.68. The summed E-state index contributed by atoms with van der Waals surface area (Å²) in [5.41, 5.74) is -0.294. The molecule has 0 unspecified atom stereocenters. The van der Waals surface area contributed by atoms with Crippen LogP contribution in [0.4, 0.5) is 23.7 Å². The molecule has 0 bridgehead atoms. The largest absolute Gasteiger partial charge is 0.416 e. The van der Waals surface area contributed by atoms with E-state index in [0.29, 0.717) is 5.69 Å². The quantitative estimate of drug-likeness (QED) is 0.910. The third-order valence-electron chi connectivity index (χ3n) is 3.40. The Morgan fingerprint density at radius 3 is 2.67 bits per heavy atom. The van der Waals surface area contributed by atoms with Gasteiger partial charge >= 0.3 is 12.2 Å². The first-order chi connectivity index (χ1) is 9.93. The Hall–Kier alpha value is -2.18. The van der Waals surface area contributed by atoms with E-state index in [4.69, 9.17) is 0 Å². The van der Waals surface area contributed by atoms with Crippen molar-refractivity contribution in [2.75, 3.05) is 11.6 Å². The molecule has 0 saturated heterocycles. The van der Waals surface area contributed by atoms with E-state index < -0.39 is 11.7 Å². The Morgan fingerprint density at radius 2 is 2.00 bits per heavy atom. The fraction of sp³-hybridized carbons (Fsp3) is 0.357. The lowest BCUT2D eigenvalue weighted by Gasteiger charge is -2.21. The van der Waals surface area contributed by atoms with Gasteiger partial charge in [-0.05, 0) is 31.0 Å². The number of anilines is 1. The van der Waals surface area contributed by atoms with Gasteiger partial charge in [-0.2, -0.15) is 13.2 Å². The zero-order valence-electron chi connectivity index (χ0n) is 11.1. The lowest BCUT2D eigenvalue weighted by molar-refractivity contribution is -0.137. The Labute approximate surface area is 119 Å². The monoisotopic (exact) mass is 297 g/mol. The fourth-order valence-corrected chi connectivity index (χ4v) is 2.07. The molecule has 21 heavy (non-hydrogen) atoms. The van der Waals surface area contributed by atoms with Crippen LogP contribution in [0.2, 0.25) is 0 Å². The molecule has 1 fully saturated rings. The molecule has 1 N–H and O–H groups in total. The van der Waals surface area contributed by atoms with Gasteiger partial charge in [-0.3, -0.25) is 4.90 Å². The number of nitrogens with one attached hydrogen (secondary N) is 1. The summed E-state index contributed by atoms with van der Waals surface area (Å²) < 4.78 is 38.1. The van der Waals surface area contributed by atoms with Gasteiger partial charge in [0.25, 0.3) is 0 Å². The zero-order chi connectivity index (χ0) is 15.0. The summed E-state index contributed by atoms with van der Waals surface area (Å²) in [4.78, 5) is 14.9. The van der Waals surface area contributed by atoms with E-state index in [0.717, 1.165) is 25.0 Å². The molecular formula is C14H14F3N3O. The van der Waals surface area contributed by atoms with Crippen LogP contribution in [0, 0.1) is 0 Å². The van der Waals surface area contributed by atoms with Gasteiger partial charge in [0.1, 0.15) is 6.67 Å². The molecule has 1 aromatic rings. The van der Waals surface area contributed by atoms with Gasteiger partial charge in [-0.1, -0.05) is 6.07 Å². The average molecular weight is 297 g/mol. The highest BCUT2D eigenvalue weighted by molar-refractivity contribution is 5.77. The van der Waals surface area contributed by atoms with Crippen molar-refractivity contribution >= 4 is 11.7 Å². The molecule has 0 atom stereocenters. The molecule has 1 saturated carbocycles. The van der Waals surface area contributed by atoms with E-state index in [9.17, 15) is 18.0 Å². The molecule has 2 aliphatic rings. The van der Waals surface area contributed by atoms with Crippen LogP contribution >= 0.6 is 0 Å². The predicted octanol–water partition coefficient (Wildman–Crippen LogP) is 3.13. The molecule has 1 aromatic carbocycles. The molecular weight excluding hydrogens is 283 g/mol. The van der Waals surface area contributed by atoms with Gasteiger partial charge in [-0.25, -0.2) is 4.79 Å². The standard InChI is InChI=1S/C14H14F3N3O/c15-14(16,17)10-2-1-3-12(8-10)19-6-7-20(9-19)13(21)18-11-4-5-11/h1-3,6-8,11H,4-5,9H2,(H,18,21). The minimum Gasteiger partial charge on any atom is -0.335 e. The van der Waals surface area contributed by atoms with Crippen LogP contribution in [0.3, 0.4) is 0 Å². The SMILES string of the molecule is O=C(NC1CC1)N1C=CN(c2cccc(C(F)(F)F)c2)C1. The average Bonchev–Trinajstić information content (AvgIpc) is 3.11. The highest BCUT2D eigenvalue weighted by atomic mass is 19.4. The van der Waals surface area contributed by atoms with Crippen LogP contribution in [0.5, 0.6) is 0 Å². The second kappa shape index (κ2) is 4.98. The first kappa shape index (κ1) is 13.8. The van der Waals surface area contributed by atoms with Crippen LogP contribution in [0.15, 0.2) is 36.7 Å². The maximum absolute atomic E-state index is 12.7. The number of hydrogen-bond donors (Lipinski definition) is 1. The second-order valence-electron chi connectivity index (χ2n) is 5.15. The molecule has 3 rings (SSSR count). The van der Waals surface area contributed by atoms with Crippen LogP contribution in [-0.4, -0.2) is 23.6 Å². The number of carbonyl (C=O) groups is 1. The van der Waals surface area contributed by atoms with E-state index in [2.05, 4.69) is 5.32 Å². The van der Waals surface area contributed by atoms with Gasteiger partial charge in [0, 0.05) is 24.1 Å². The summed E-state index contributed by atoms with van der Waals surface area (Å²) in [5, 5.41) is 2.83. The number of amides is 2. The molecule has 2 amide bonds. The summed E-state index contributed by atoms with van der Waals surface area (Å²) in [5.74, 6) is 0. The summed E-state index contributed by atoms with van der Waals surface area (Å²) in [7, 11) is 0. The summed E-state index contributed by atoms with van der Waals surface area (Å²) in [6.45, 7) is 0.208. The highest BCUT2D eigenvalue weighted by Crippen LogP contribution is 2.32. The molecule has 1 aliphatic heterocycles. The number of nitrogens with zero attached hydrogens (tertiary/aromatic N) is 2. The van der Waals surface area contributed by atoms with E-state index in [-0.39, 0.29) is 18.7 Å². The number of urea groups is 1. The second-order valence-corrected chi connectivity index (χ2v) is 5.15.